The fourth-order valence-electron chi connectivity index (χ4n) is 3.62. The highest BCUT2D eigenvalue weighted by atomic mass is 32.1. The molecule has 2 rings (SSSR count). The number of benzene rings is 1. The number of hydrogen-bond donors (Lipinski definition) is 3. The Kier molecular flexibility index (Phi) is 11.0. The maximum absolute atomic E-state index is 12.2. The zero-order valence-corrected chi connectivity index (χ0v) is 19.8. The van der Waals surface area contributed by atoms with E-state index in [0.717, 1.165) is 68.8 Å². The minimum absolute atomic E-state index is 0.269. The van der Waals surface area contributed by atoms with Gasteiger partial charge in [-0.25, -0.2) is 9.79 Å². The van der Waals surface area contributed by atoms with Crippen LogP contribution in [0, 0.1) is 5.92 Å². The van der Waals surface area contributed by atoms with Crippen molar-refractivity contribution >= 4 is 41.2 Å². The standard InChI is InChI=1S/C23H36N6OS/c1-4-6-14-25-21(24-3)29-16-12-18(13-17-29)11-15-26-22(30)28-23(31)27-20-10-8-7-9-19(20)5-2/h7-10,14,18H,4-6,11-13,15-17H2,1-3H3,(H3,26,27,28,30,31)/b24-21?,25-14-. The summed E-state index contributed by atoms with van der Waals surface area (Å²) in [4.78, 5) is 23.2. The first-order valence-electron chi connectivity index (χ1n) is 11.2. The van der Waals surface area contributed by atoms with Crippen LogP contribution in [0.5, 0.6) is 0 Å². The lowest BCUT2D eigenvalue weighted by atomic mass is 9.94. The van der Waals surface area contributed by atoms with Crippen LogP contribution in [0.4, 0.5) is 10.5 Å². The van der Waals surface area contributed by atoms with Crippen molar-refractivity contribution < 1.29 is 4.79 Å². The topological polar surface area (TPSA) is 81.1 Å². The average Bonchev–Trinajstić information content (AvgIpc) is 2.77. The summed E-state index contributed by atoms with van der Waals surface area (Å²) in [5, 5.41) is 9.03. The van der Waals surface area contributed by atoms with Gasteiger partial charge in [0.25, 0.3) is 0 Å². The number of urea groups is 1. The number of nitrogens with one attached hydrogen (secondary N) is 3. The van der Waals surface area contributed by atoms with Crippen LogP contribution in [0.15, 0.2) is 34.3 Å². The number of para-hydroxylation sites is 1. The van der Waals surface area contributed by atoms with Crippen molar-refractivity contribution in [2.45, 2.75) is 52.4 Å². The summed E-state index contributed by atoms with van der Waals surface area (Å²) in [7, 11) is 1.80. The molecule has 1 aliphatic heterocycles. The Bertz CT molecular complexity index is 771. The second-order valence-corrected chi connectivity index (χ2v) is 8.10. The molecule has 7 nitrogen and oxygen atoms in total. The lowest BCUT2D eigenvalue weighted by Gasteiger charge is -2.32. The second kappa shape index (κ2) is 13.7. The van der Waals surface area contributed by atoms with Gasteiger partial charge in [-0.05, 0) is 61.9 Å². The summed E-state index contributed by atoms with van der Waals surface area (Å²) >= 11 is 5.27. The number of carbonyl (C=O) groups is 1. The van der Waals surface area contributed by atoms with E-state index in [2.05, 4.69) is 44.7 Å². The number of thiocarbonyl (C=S) groups is 1. The number of aliphatic imine (C=N–C) groups is 2. The van der Waals surface area contributed by atoms with Crippen molar-refractivity contribution in [1.29, 1.82) is 0 Å². The van der Waals surface area contributed by atoms with E-state index in [1.54, 1.807) is 7.05 Å². The first-order chi connectivity index (χ1) is 15.1. The molecule has 1 aliphatic rings. The first-order valence-corrected chi connectivity index (χ1v) is 11.7. The monoisotopic (exact) mass is 444 g/mol. The number of anilines is 1. The van der Waals surface area contributed by atoms with Gasteiger partial charge in [0.1, 0.15) is 0 Å². The molecule has 170 valence electrons. The quantitative estimate of drug-likeness (QED) is 0.334. The fourth-order valence-corrected chi connectivity index (χ4v) is 3.82. The number of likely N-dealkylation sites (tertiary alicyclic amines) is 1. The van der Waals surface area contributed by atoms with Gasteiger partial charge in [0, 0.05) is 38.6 Å². The number of aryl methyl sites for hydroxylation is 1. The highest BCUT2D eigenvalue weighted by molar-refractivity contribution is 7.80. The summed E-state index contributed by atoms with van der Waals surface area (Å²) in [5.74, 6) is 1.42. The first kappa shape index (κ1) is 24.8. The van der Waals surface area contributed by atoms with Crippen LogP contribution in [-0.4, -0.2) is 54.9 Å². The van der Waals surface area contributed by atoms with Crippen molar-refractivity contribution in [2.75, 3.05) is 32.0 Å². The van der Waals surface area contributed by atoms with E-state index in [4.69, 9.17) is 12.2 Å². The van der Waals surface area contributed by atoms with Gasteiger partial charge in [-0.15, -0.1) is 0 Å². The number of piperidine rings is 1. The lowest BCUT2D eigenvalue weighted by molar-refractivity contribution is 0.237. The molecular weight excluding hydrogens is 408 g/mol. The van der Waals surface area contributed by atoms with Crippen LogP contribution in [-0.2, 0) is 6.42 Å². The summed E-state index contributed by atoms with van der Waals surface area (Å²) in [6.45, 7) is 6.78. The predicted octanol–water partition coefficient (Wildman–Crippen LogP) is 4.20. The molecule has 0 radical (unpaired) electrons. The van der Waals surface area contributed by atoms with E-state index in [-0.39, 0.29) is 6.03 Å². The van der Waals surface area contributed by atoms with E-state index < -0.39 is 0 Å². The van der Waals surface area contributed by atoms with E-state index in [9.17, 15) is 4.79 Å². The predicted molar refractivity (Wildman–Crippen MR) is 134 cm³/mol. The third-order valence-electron chi connectivity index (χ3n) is 5.43. The average molecular weight is 445 g/mol. The molecule has 0 spiro atoms. The van der Waals surface area contributed by atoms with Gasteiger partial charge in [-0.1, -0.05) is 38.5 Å². The van der Waals surface area contributed by atoms with Crippen LogP contribution < -0.4 is 16.0 Å². The SMILES string of the molecule is CCC/C=N\C(=NC)N1CCC(CCNC(=O)NC(=S)Nc2ccccc2CC)CC1. The molecule has 0 aromatic heterocycles. The Morgan fingerprint density at radius 1 is 1.26 bits per heavy atom. The number of nitrogens with zero attached hydrogens (tertiary/aromatic N) is 3. The minimum atomic E-state index is -0.269. The molecule has 8 heteroatoms. The molecule has 0 bridgehead atoms. The molecule has 0 atom stereocenters. The third-order valence-corrected chi connectivity index (χ3v) is 5.64. The lowest BCUT2D eigenvalue weighted by Crippen LogP contribution is -2.43. The summed E-state index contributed by atoms with van der Waals surface area (Å²) in [5.41, 5.74) is 2.09. The number of amides is 2. The number of carbonyl (C=O) groups excluding carboxylic acids is 1. The Morgan fingerprint density at radius 2 is 2.00 bits per heavy atom. The molecule has 0 saturated carbocycles. The van der Waals surface area contributed by atoms with Crippen LogP contribution in [0.25, 0.3) is 0 Å². The highest BCUT2D eigenvalue weighted by Gasteiger charge is 2.21. The molecule has 1 aromatic rings. The Morgan fingerprint density at radius 3 is 2.68 bits per heavy atom. The molecule has 31 heavy (non-hydrogen) atoms. The minimum Gasteiger partial charge on any atom is -0.341 e. The molecule has 0 unspecified atom stereocenters. The van der Waals surface area contributed by atoms with E-state index in [1.165, 1.54) is 0 Å². The Labute approximate surface area is 191 Å². The molecule has 1 fully saturated rings. The number of unbranched alkanes of at least 4 members (excludes halogenated alkanes) is 1. The van der Waals surface area contributed by atoms with Crippen molar-refractivity contribution in [3.8, 4) is 0 Å². The smallest absolute Gasteiger partial charge is 0.321 e. The molecule has 1 heterocycles. The van der Waals surface area contributed by atoms with E-state index in [1.807, 2.05) is 30.5 Å². The molecular formula is C23H36N6OS. The van der Waals surface area contributed by atoms with Crippen LogP contribution >= 0.6 is 12.2 Å². The summed E-state index contributed by atoms with van der Waals surface area (Å²) in [6, 6.07) is 7.68. The van der Waals surface area contributed by atoms with Gasteiger partial charge in [0.15, 0.2) is 5.11 Å². The van der Waals surface area contributed by atoms with Gasteiger partial charge < -0.3 is 15.5 Å². The van der Waals surface area contributed by atoms with Gasteiger partial charge >= 0.3 is 6.03 Å². The van der Waals surface area contributed by atoms with Gasteiger partial charge in [-0.3, -0.25) is 10.3 Å². The number of guanidine groups is 1. The van der Waals surface area contributed by atoms with Gasteiger partial charge in [0.2, 0.25) is 5.96 Å². The number of rotatable bonds is 7. The maximum Gasteiger partial charge on any atom is 0.321 e. The molecule has 1 saturated heterocycles. The number of hydrogen-bond acceptors (Lipinski definition) is 3. The summed E-state index contributed by atoms with van der Waals surface area (Å²) in [6.07, 6.45) is 8.05. The fraction of sp³-hybridized carbons (Fsp3) is 0.565. The summed E-state index contributed by atoms with van der Waals surface area (Å²) < 4.78 is 0. The van der Waals surface area contributed by atoms with E-state index in [0.29, 0.717) is 17.6 Å². The molecule has 1 aromatic carbocycles. The Hall–Kier alpha value is -2.48. The van der Waals surface area contributed by atoms with Crippen molar-refractivity contribution in [3.63, 3.8) is 0 Å². The zero-order chi connectivity index (χ0) is 22.5. The van der Waals surface area contributed by atoms with Crippen molar-refractivity contribution in [3.05, 3.63) is 29.8 Å². The molecule has 0 aliphatic carbocycles. The second-order valence-electron chi connectivity index (χ2n) is 7.69. The zero-order valence-electron chi connectivity index (χ0n) is 19.0. The van der Waals surface area contributed by atoms with E-state index >= 15 is 0 Å². The van der Waals surface area contributed by atoms with Gasteiger partial charge in [-0.2, -0.15) is 0 Å². The van der Waals surface area contributed by atoms with Crippen molar-refractivity contribution in [1.82, 2.24) is 15.5 Å². The van der Waals surface area contributed by atoms with Gasteiger partial charge in [0.05, 0.1) is 0 Å². The molecule has 2 amide bonds. The van der Waals surface area contributed by atoms with Crippen LogP contribution in [0.1, 0.15) is 51.5 Å². The highest BCUT2D eigenvalue weighted by Crippen LogP contribution is 2.20. The normalized spacial score (nSPS) is 15.2. The molecule has 3 N–H and O–H groups in total. The van der Waals surface area contributed by atoms with Crippen LogP contribution in [0.2, 0.25) is 0 Å². The Balaban J connectivity index is 1.66. The largest absolute Gasteiger partial charge is 0.341 e. The van der Waals surface area contributed by atoms with Crippen molar-refractivity contribution in [2.24, 2.45) is 15.9 Å². The maximum atomic E-state index is 12.2. The van der Waals surface area contributed by atoms with Crippen LogP contribution in [0.3, 0.4) is 0 Å². The third kappa shape index (κ3) is 8.65.